The van der Waals surface area contributed by atoms with Gasteiger partial charge in [0.05, 0.1) is 27.6 Å². The molecule has 1 N–H and O–H groups in total. The Labute approximate surface area is 188 Å². The maximum absolute atomic E-state index is 12.9. The predicted octanol–water partition coefficient (Wildman–Crippen LogP) is 5.92. The lowest BCUT2D eigenvalue weighted by Gasteiger charge is -2.11. The first kappa shape index (κ1) is 21.3. The molecule has 158 valence electrons. The van der Waals surface area contributed by atoms with Gasteiger partial charge in [-0.25, -0.2) is 9.78 Å². The average molecular weight is 461 g/mol. The summed E-state index contributed by atoms with van der Waals surface area (Å²) in [5.41, 5.74) is 2.58. The lowest BCUT2D eigenvalue weighted by atomic mass is 10.1. The number of esters is 1. The molecule has 0 spiro atoms. The number of benzene rings is 1. The topological polar surface area (TPSA) is 68.3 Å². The molecule has 4 rings (SSSR count). The number of amides is 1. The van der Waals surface area contributed by atoms with Gasteiger partial charge in [-0.15, -0.1) is 22.7 Å². The van der Waals surface area contributed by atoms with Gasteiger partial charge in [0.2, 0.25) is 5.91 Å². The smallest absolute Gasteiger partial charge is 0.341 e. The number of thiazole rings is 1. The first-order valence-electron chi connectivity index (χ1n) is 10.2. The van der Waals surface area contributed by atoms with Crippen LogP contribution in [0.25, 0.3) is 10.2 Å². The van der Waals surface area contributed by atoms with Crippen molar-refractivity contribution in [3.63, 3.8) is 0 Å². The molecular weight excluding hydrogens is 436 g/mol. The Kier molecular flexibility index (Phi) is 6.75. The van der Waals surface area contributed by atoms with E-state index in [1.54, 1.807) is 18.3 Å². The molecule has 1 amide bonds. The molecule has 1 aliphatic rings. The molecule has 0 fully saturated rings. The zero-order valence-electron chi connectivity index (χ0n) is 17.0. The number of rotatable bonds is 6. The molecule has 3 aromatic rings. The fraction of sp³-hybridized carbons (Fsp3) is 0.409. The van der Waals surface area contributed by atoms with E-state index < -0.39 is 0 Å². The van der Waals surface area contributed by atoms with Gasteiger partial charge in [-0.1, -0.05) is 30.3 Å². The lowest BCUT2D eigenvalue weighted by Crippen LogP contribution is -2.23. The zero-order valence-corrected chi connectivity index (χ0v) is 19.5. The number of hydrogen-bond acceptors (Lipinski definition) is 7. The van der Waals surface area contributed by atoms with Gasteiger partial charge in [-0.3, -0.25) is 4.79 Å². The molecule has 0 saturated carbocycles. The van der Waals surface area contributed by atoms with Crippen LogP contribution < -0.4 is 5.32 Å². The van der Waals surface area contributed by atoms with Gasteiger partial charge < -0.3 is 10.1 Å². The number of para-hydroxylation sites is 1. The van der Waals surface area contributed by atoms with E-state index in [1.165, 1.54) is 34.4 Å². The molecule has 0 saturated heterocycles. The highest BCUT2D eigenvalue weighted by molar-refractivity contribution is 8.02. The summed E-state index contributed by atoms with van der Waals surface area (Å²) in [6.45, 7) is 3.99. The fourth-order valence-electron chi connectivity index (χ4n) is 3.57. The van der Waals surface area contributed by atoms with Crippen LogP contribution in [0.2, 0.25) is 0 Å². The third kappa shape index (κ3) is 4.55. The number of aromatic nitrogens is 1. The van der Waals surface area contributed by atoms with E-state index in [1.807, 2.05) is 31.2 Å². The number of hydrogen-bond donors (Lipinski definition) is 1. The number of thiophene rings is 1. The van der Waals surface area contributed by atoms with E-state index in [-0.39, 0.29) is 17.1 Å². The summed E-state index contributed by atoms with van der Waals surface area (Å²) >= 11 is 4.56. The van der Waals surface area contributed by atoms with Crippen molar-refractivity contribution in [1.29, 1.82) is 0 Å². The van der Waals surface area contributed by atoms with E-state index in [2.05, 4.69) is 10.3 Å². The van der Waals surface area contributed by atoms with Crippen LogP contribution >= 0.6 is 34.4 Å². The normalized spacial score (nSPS) is 14.7. The molecule has 0 aliphatic heterocycles. The molecule has 0 bridgehead atoms. The van der Waals surface area contributed by atoms with Crippen molar-refractivity contribution in [2.45, 2.75) is 55.5 Å². The van der Waals surface area contributed by atoms with E-state index in [0.29, 0.717) is 17.2 Å². The van der Waals surface area contributed by atoms with Crippen LogP contribution in [-0.4, -0.2) is 28.7 Å². The van der Waals surface area contributed by atoms with Crippen molar-refractivity contribution in [3.05, 3.63) is 40.3 Å². The van der Waals surface area contributed by atoms with Crippen LogP contribution in [0.15, 0.2) is 28.6 Å². The van der Waals surface area contributed by atoms with E-state index in [0.717, 1.165) is 45.8 Å². The van der Waals surface area contributed by atoms with Crippen molar-refractivity contribution in [3.8, 4) is 0 Å². The summed E-state index contributed by atoms with van der Waals surface area (Å²) in [6, 6.07) is 7.96. The van der Waals surface area contributed by atoms with Crippen LogP contribution in [0, 0.1) is 0 Å². The van der Waals surface area contributed by atoms with Gasteiger partial charge in [0.1, 0.15) is 5.00 Å². The standard InChI is InChI=1S/C22H24N2O3S3/c1-3-27-21(26)18-14-9-5-4-6-11-16(14)29-20(18)24-19(25)13(2)28-22-23-15-10-7-8-12-17(15)30-22/h7-8,10,12-13H,3-6,9,11H2,1-2H3,(H,24,25). The van der Waals surface area contributed by atoms with Crippen molar-refractivity contribution < 1.29 is 14.3 Å². The lowest BCUT2D eigenvalue weighted by molar-refractivity contribution is -0.115. The van der Waals surface area contributed by atoms with Crippen molar-refractivity contribution in [2.24, 2.45) is 0 Å². The van der Waals surface area contributed by atoms with Crippen LogP contribution in [0.1, 0.15) is 53.9 Å². The van der Waals surface area contributed by atoms with Gasteiger partial charge in [-0.2, -0.15) is 0 Å². The SMILES string of the molecule is CCOC(=O)c1c(NC(=O)C(C)Sc2nc3ccccc3s2)sc2c1CCCCC2. The minimum Gasteiger partial charge on any atom is -0.462 e. The highest BCUT2D eigenvalue weighted by Gasteiger charge is 2.28. The number of anilines is 1. The third-order valence-corrected chi connectivity index (χ3v) is 8.50. The number of thioether (sulfide) groups is 1. The summed E-state index contributed by atoms with van der Waals surface area (Å²) in [4.78, 5) is 31.4. The molecule has 1 aliphatic carbocycles. The Morgan fingerprint density at radius 2 is 2.00 bits per heavy atom. The molecular formula is C22H24N2O3S3. The Morgan fingerprint density at radius 3 is 2.80 bits per heavy atom. The largest absolute Gasteiger partial charge is 0.462 e. The number of nitrogens with one attached hydrogen (secondary N) is 1. The molecule has 2 aromatic heterocycles. The predicted molar refractivity (Wildman–Crippen MR) is 125 cm³/mol. The van der Waals surface area contributed by atoms with Crippen LogP contribution in [0.5, 0.6) is 0 Å². The molecule has 1 unspecified atom stereocenters. The second-order valence-corrected chi connectivity index (χ2v) is 10.9. The van der Waals surface area contributed by atoms with Gasteiger partial charge in [-0.05, 0) is 57.2 Å². The van der Waals surface area contributed by atoms with Gasteiger partial charge >= 0.3 is 5.97 Å². The molecule has 5 nitrogen and oxygen atoms in total. The molecule has 1 atom stereocenters. The van der Waals surface area contributed by atoms with E-state index >= 15 is 0 Å². The summed E-state index contributed by atoms with van der Waals surface area (Å²) in [7, 11) is 0. The third-order valence-electron chi connectivity index (χ3n) is 5.06. The fourth-order valence-corrected chi connectivity index (χ4v) is 7.06. The van der Waals surface area contributed by atoms with Gasteiger partial charge in [0.15, 0.2) is 4.34 Å². The number of carbonyl (C=O) groups is 2. The highest BCUT2D eigenvalue weighted by atomic mass is 32.2. The molecule has 0 radical (unpaired) electrons. The Hall–Kier alpha value is -1.90. The molecule has 30 heavy (non-hydrogen) atoms. The number of carbonyl (C=O) groups excluding carboxylic acids is 2. The van der Waals surface area contributed by atoms with E-state index in [9.17, 15) is 9.59 Å². The second kappa shape index (κ2) is 9.49. The first-order chi connectivity index (χ1) is 14.6. The number of nitrogens with zero attached hydrogens (tertiary/aromatic N) is 1. The average Bonchev–Trinajstić information content (AvgIpc) is 3.20. The van der Waals surface area contributed by atoms with Crippen molar-refractivity contribution in [2.75, 3.05) is 11.9 Å². The van der Waals surface area contributed by atoms with Crippen LogP contribution in [0.3, 0.4) is 0 Å². The number of aryl methyl sites for hydroxylation is 1. The Morgan fingerprint density at radius 1 is 1.20 bits per heavy atom. The zero-order chi connectivity index (χ0) is 21.1. The summed E-state index contributed by atoms with van der Waals surface area (Å²) < 4.78 is 7.29. The monoisotopic (exact) mass is 460 g/mol. The molecule has 2 heterocycles. The highest BCUT2D eigenvalue weighted by Crippen LogP contribution is 2.39. The van der Waals surface area contributed by atoms with Gasteiger partial charge in [0, 0.05) is 4.88 Å². The molecule has 1 aromatic carbocycles. The van der Waals surface area contributed by atoms with Crippen LogP contribution in [0.4, 0.5) is 5.00 Å². The Bertz CT molecular complexity index is 1040. The quantitative estimate of drug-likeness (QED) is 0.281. The van der Waals surface area contributed by atoms with Crippen molar-refractivity contribution in [1.82, 2.24) is 4.98 Å². The van der Waals surface area contributed by atoms with E-state index in [4.69, 9.17) is 4.74 Å². The maximum Gasteiger partial charge on any atom is 0.341 e. The maximum atomic E-state index is 12.9. The Balaban J connectivity index is 1.53. The number of fused-ring (bicyclic) bond motifs is 2. The first-order valence-corrected chi connectivity index (χ1v) is 12.7. The summed E-state index contributed by atoms with van der Waals surface area (Å²) in [5.74, 6) is -0.458. The minimum absolute atomic E-state index is 0.124. The minimum atomic E-state index is -0.335. The van der Waals surface area contributed by atoms with Crippen molar-refractivity contribution >= 4 is 61.5 Å². The van der Waals surface area contributed by atoms with Gasteiger partial charge in [0.25, 0.3) is 0 Å². The number of ether oxygens (including phenoxy) is 1. The second-order valence-electron chi connectivity index (χ2n) is 7.19. The van der Waals surface area contributed by atoms with Crippen LogP contribution in [-0.2, 0) is 22.4 Å². The summed E-state index contributed by atoms with van der Waals surface area (Å²) in [5, 5.41) is 3.31. The molecule has 8 heteroatoms. The summed E-state index contributed by atoms with van der Waals surface area (Å²) in [6.07, 6.45) is 5.17.